The van der Waals surface area contributed by atoms with Gasteiger partial charge in [-0.3, -0.25) is 9.55 Å². The predicted octanol–water partition coefficient (Wildman–Crippen LogP) is 0.467. The Morgan fingerprint density at radius 2 is 2.17 bits per heavy atom. The van der Waals surface area contributed by atoms with E-state index in [9.17, 15) is 9.90 Å². The van der Waals surface area contributed by atoms with Crippen molar-refractivity contribution in [3.63, 3.8) is 0 Å². The number of aliphatic hydroxyl groups excluding tert-OH is 1. The maximum atomic E-state index is 11.8. The van der Waals surface area contributed by atoms with Gasteiger partial charge >= 0.3 is 5.69 Å². The highest BCUT2D eigenvalue weighted by atomic mass is 16.3. The van der Waals surface area contributed by atoms with Gasteiger partial charge in [0.15, 0.2) is 0 Å². The van der Waals surface area contributed by atoms with Gasteiger partial charge in [-0.05, 0) is 43.4 Å². The van der Waals surface area contributed by atoms with E-state index in [0.29, 0.717) is 6.42 Å². The number of pyridine rings is 1. The lowest BCUT2D eigenvalue weighted by Crippen LogP contribution is -2.27. The first kappa shape index (κ1) is 16.9. The van der Waals surface area contributed by atoms with E-state index in [0.717, 1.165) is 31.0 Å². The molecule has 0 unspecified atom stereocenters. The molecule has 2 heterocycles. The van der Waals surface area contributed by atoms with Gasteiger partial charge in [-0.15, -0.1) is 0 Å². The Morgan fingerprint density at radius 1 is 1.38 bits per heavy atom. The highest BCUT2D eigenvalue weighted by Gasteiger charge is 2.36. The molecule has 3 atom stereocenters. The lowest BCUT2D eigenvalue weighted by Gasteiger charge is -2.15. The van der Waals surface area contributed by atoms with Crippen molar-refractivity contribution in [1.29, 1.82) is 0 Å². The quantitative estimate of drug-likeness (QED) is 0.832. The molecule has 1 saturated carbocycles. The van der Waals surface area contributed by atoms with E-state index in [1.54, 1.807) is 18.7 Å². The summed E-state index contributed by atoms with van der Waals surface area (Å²) in [5, 5.41) is 18.1. The molecule has 0 aromatic carbocycles. The summed E-state index contributed by atoms with van der Waals surface area (Å²) in [4.78, 5) is 16.0. The first-order valence-electron chi connectivity index (χ1n) is 8.36. The molecule has 1 aliphatic carbocycles. The molecule has 2 N–H and O–H groups in total. The zero-order valence-corrected chi connectivity index (χ0v) is 14.4. The number of hydrogen-bond donors (Lipinski definition) is 2. The smallest absolute Gasteiger partial charge is 0.345 e. The maximum Gasteiger partial charge on any atom is 0.345 e. The summed E-state index contributed by atoms with van der Waals surface area (Å²) in [5.74, 6) is 1.08. The third-order valence-electron chi connectivity index (χ3n) is 4.88. The second-order valence-corrected chi connectivity index (χ2v) is 6.76. The Kier molecular flexibility index (Phi) is 4.82. The SMILES string of the molecule is Cc1cc(CNC[C@H]2C[C@H](c3nn(C)c(=O)n3C)C[C@H]2O)ccn1. The summed E-state index contributed by atoms with van der Waals surface area (Å²) < 4.78 is 2.95. The first-order chi connectivity index (χ1) is 11.5. The van der Waals surface area contributed by atoms with Gasteiger partial charge in [-0.25, -0.2) is 9.48 Å². The van der Waals surface area contributed by atoms with Crippen molar-refractivity contribution in [2.24, 2.45) is 20.0 Å². The third kappa shape index (κ3) is 3.42. The van der Waals surface area contributed by atoms with Gasteiger partial charge < -0.3 is 10.4 Å². The number of rotatable bonds is 5. The van der Waals surface area contributed by atoms with Gasteiger partial charge in [0.05, 0.1) is 6.10 Å². The third-order valence-corrected chi connectivity index (χ3v) is 4.88. The predicted molar refractivity (Wildman–Crippen MR) is 90.6 cm³/mol. The van der Waals surface area contributed by atoms with Crippen molar-refractivity contribution < 1.29 is 5.11 Å². The molecule has 1 aliphatic rings. The van der Waals surface area contributed by atoms with Crippen LogP contribution < -0.4 is 11.0 Å². The van der Waals surface area contributed by atoms with Crippen LogP contribution >= 0.6 is 0 Å². The largest absolute Gasteiger partial charge is 0.393 e. The van der Waals surface area contributed by atoms with Crippen molar-refractivity contribution in [3.05, 3.63) is 45.9 Å². The van der Waals surface area contributed by atoms with Crippen LogP contribution in [0.1, 0.15) is 35.8 Å². The molecule has 0 bridgehead atoms. The standard InChI is InChI=1S/C17H25N5O2/c1-11-6-12(4-5-19-11)9-18-10-14-7-13(8-15(14)23)16-20-22(3)17(24)21(16)2/h4-6,13-15,18,23H,7-10H2,1-3H3/t13-,14+,15+/m0/s1. The van der Waals surface area contributed by atoms with Crippen LogP contribution in [0.3, 0.4) is 0 Å². The molecular formula is C17H25N5O2. The van der Waals surface area contributed by atoms with E-state index in [-0.39, 0.29) is 23.6 Å². The lowest BCUT2D eigenvalue weighted by molar-refractivity contribution is 0.131. The Hall–Kier alpha value is -1.99. The number of aryl methyl sites for hydroxylation is 2. The highest BCUT2D eigenvalue weighted by Crippen LogP contribution is 2.37. The molecule has 0 saturated heterocycles. The van der Waals surface area contributed by atoms with Gasteiger partial charge in [0, 0.05) is 45.0 Å². The summed E-state index contributed by atoms with van der Waals surface area (Å²) in [6.07, 6.45) is 2.95. The average Bonchev–Trinajstić information content (AvgIpc) is 3.03. The molecule has 7 heteroatoms. The van der Waals surface area contributed by atoms with Crippen molar-refractivity contribution >= 4 is 0 Å². The minimum absolute atomic E-state index is 0.117. The van der Waals surface area contributed by atoms with Crippen LogP contribution in [0.4, 0.5) is 0 Å². The molecule has 24 heavy (non-hydrogen) atoms. The van der Waals surface area contributed by atoms with Crippen molar-refractivity contribution in [2.75, 3.05) is 6.54 Å². The molecule has 0 amide bonds. The van der Waals surface area contributed by atoms with E-state index in [4.69, 9.17) is 0 Å². The molecule has 0 spiro atoms. The maximum absolute atomic E-state index is 11.8. The van der Waals surface area contributed by atoms with Gasteiger partial charge in [0.1, 0.15) is 5.82 Å². The van der Waals surface area contributed by atoms with Gasteiger partial charge in [-0.1, -0.05) is 0 Å². The minimum atomic E-state index is -0.362. The molecule has 2 aromatic heterocycles. The summed E-state index contributed by atoms with van der Waals surface area (Å²) in [6, 6.07) is 4.06. The van der Waals surface area contributed by atoms with Crippen molar-refractivity contribution in [3.8, 4) is 0 Å². The number of aliphatic hydroxyl groups is 1. The fourth-order valence-electron chi connectivity index (χ4n) is 3.58. The van der Waals surface area contributed by atoms with E-state index >= 15 is 0 Å². The van der Waals surface area contributed by atoms with Crippen LogP contribution in [-0.2, 0) is 20.6 Å². The molecule has 2 aromatic rings. The van der Waals surface area contributed by atoms with Crippen LogP contribution in [0.5, 0.6) is 0 Å². The zero-order valence-electron chi connectivity index (χ0n) is 14.4. The fourth-order valence-corrected chi connectivity index (χ4v) is 3.58. The number of aromatic nitrogens is 4. The van der Waals surface area contributed by atoms with Crippen LogP contribution in [0.15, 0.2) is 23.1 Å². The Labute approximate surface area is 141 Å². The normalized spacial score (nSPS) is 23.8. The van der Waals surface area contributed by atoms with E-state index in [1.807, 2.05) is 19.2 Å². The van der Waals surface area contributed by atoms with Crippen molar-refractivity contribution in [2.45, 2.75) is 38.3 Å². The van der Waals surface area contributed by atoms with E-state index in [2.05, 4.69) is 21.5 Å². The average molecular weight is 331 g/mol. The van der Waals surface area contributed by atoms with E-state index in [1.165, 1.54) is 10.2 Å². The summed E-state index contributed by atoms with van der Waals surface area (Å²) in [6.45, 7) is 3.49. The monoisotopic (exact) mass is 331 g/mol. The van der Waals surface area contributed by atoms with Crippen molar-refractivity contribution in [1.82, 2.24) is 24.6 Å². The lowest BCUT2D eigenvalue weighted by atomic mass is 10.0. The number of hydrogen-bond acceptors (Lipinski definition) is 5. The van der Waals surface area contributed by atoms with Crippen LogP contribution in [0, 0.1) is 12.8 Å². The van der Waals surface area contributed by atoms with Gasteiger partial charge in [-0.2, -0.15) is 5.10 Å². The van der Waals surface area contributed by atoms with Gasteiger partial charge in [0.2, 0.25) is 0 Å². The number of nitrogens with zero attached hydrogens (tertiary/aromatic N) is 4. The topological polar surface area (TPSA) is 85.0 Å². The Bertz CT molecular complexity index is 767. The van der Waals surface area contributed by atoms with Crippen LogP contribution in [-0.4, -0.2) is 37.1 Å². The van der Waals surface area contributed by atoms with E-state index < -0.39 is 0 Å². The second kappa shape index (κ2) is 6.86. The molecule has 0 radical (unpaired) electrons. The molecule has 0 aliphatic heterocycles. The fraction of sp³-hybridized carbons (Fsp3) is 0.588. The van der Waals surface area contributed by atoms with Gasteiger partial charge in [0.25, 0.3) is 0 Å². The molecule has 7 nitrogen and oxygen atoms in total. The Morgan fingerprint density at radius 3 is 2.83 bits per heavy atom. The van der Waals surface area contributed by atoms with Crippen LogP contribution in [0.2, 0.25) is 0 Å². The molecule has 3 rings (SSSR count). The number of nitrogens with one attached hydrogen (secondary N) is 1. The highest BCUT2D eigenvalue weighted by molar-refractivity contribution is 5.15. The summed E-state index contributed by atoms with van der Waals surface area (Å²) in [5.41, 5.74) is 2.08. The first-order valence-corrected chi connectivity index (χ1v) is 8.36. The molecule has 130 valence electrons. The zero-order chi connectivity index (χ0) is 17.3. The van der Waals surface area contributed by atoms with Crippen LogP contribution in [0.25, 0.3) is 0 Å². The minimum Gasteiger partial charge on any atom is -0.393 e. The Balaban J connectivity index is 1.58. The summed E-state index contributed by atoms with van der Waals surface area (Å²) >= 11 is 0. The summed E-state index contributed by atoms with van der Waals surface area (Å²) in [7, 11) is 3.40. The molecular weight excluding hydrogens is 306 g/mol. The second-order valence-electron chi connectivity index (χ2n) is 6.76. The molecule has 1 fully saturated rings.